The number of aromatic nitrogens is 5. The van der Waals surface area contributed by atoms with E-state index in [1.165, 1.54) is 11.1 Å². The Morgan fingerprint density at radius 1 is 0.932 bits per heavy atom. The Labute approximate surface area is 254 Å². The maximum Gasteiger partial charge on any atom is 0.269 e. The van der Waals surface area contributed by atoms with Crippen molar-refractivity contribution in [3.63, 3.8) is 0 Å². The largest absolute Gasteiger partial charge is 0.368 e. The van der Waals surface area contributed by atoms with E-state index in [0.29, 0.717) is 18.7 Å². The van der Waals surface area contributed by atoms with Crippen LogP contribution in [0.2, 0.25) is 0 Å². The van der Waals surface area contributed by atoms with Crippen molar-refractivity contribution in [2.75, 3.05) is 36.0 Å². The van der Waals surface area contributed by atoms with Gasteiger partial charge in [0, 0.05) is 69.2 Å². The van der Waals surface area contributed by atoms with Gasteiger partial charge in [0.2, 0.25) is 5.91 Å². The molecule has 44 heavy (non-hydrogen) atoms. The Morgan fingerprint density at radius 2 is 1.68 bits per heavy atom. The number of amides is 2. The first-order valence-corrected chi connectivity index (χ1v) is 15.1. The molecule has 1 aliphatic carbocycles. The van der Waals surface area contributed by atoms with Gasteiger partial charge in [-0.05, 0) is 47.6 Å². The van der Waals surface area contributed by atoms with Gasteiger partial charge in [0.25, 0.3) is 5.91 Å². The number of H-pyrrole nitrogens is 1. The molecule has 1 saturated heterocycles. The van der Waals surface area contributed by atoms with E-state index in [2.05, 4.69) is 68.5 Å². The Kier molecular flexibility index (Phi) is 6.14. The van der Waals surface area contributed by atoms with E-state index in [9.17, 15) is 9.59 Å². The number of fused-ring (bicyclic) bond motifs is 2. The van der Waals surface area contributed by atoms with Crippen molar-refractivity contribution in [2.24, 2.45) is 5.73 Å². The van der Waals surface area contributed by atoms with Gasteiger partial charge in [-0.25, -0.2) is 9.50 Å². The van der Waals surface area contributed by atoms with Crippen LogP contribution in [0.4, 0.5) is 11.5 Å². The van der Waals surface area contributed by atoms with Crippen LogP contribution in [-0.2, 0) is 17.9 Å². The molecule has 0 unspecified atom stereocenters. The zero-order valence-electron chi connectivity index (χ0n) is 24.5. The van der Waals surface area contributed by atoms with Gasteiger partial charge in [0.05, 0.1) is 17.5 Å². The first-order chi connectivity index (χ1) is 21.5. The minimum atomic E-state index is -0.543. The maximum absolute atomic E-state index is 12.7. The number of nitrogens with two attached hydrogens (primary N) is 1. The predicted molar refractivity (Wildman–Crippen MR) is 167 cm³/mol. The predicted octanol–water partition coefficient (Wildman–Crippen LogP) is 3.95. The van der Waals surface area contributed by atoms with Crippen LogP contribution in [0, 0.1) is 0 Å². The van der Waals surface area contributed by atoms with Gasteiger partial charge < -0.3 is 20.4 Å². The van der Waals surface area contributed by atoms with Gasteiger partial charge in [0.1, 0.15) is 5.82 Å². The first-order valence-electron chi connectivity index (χ1n) is 15.1. The zero-order valence-corrected chi connectivity index (χ0v) is 24.5. The Bertz CT molecular complexity index is 1890. The number of carbonyl (C=O) groups excluding carboxylic acids is 2. The molecule has 0 radical (unpaired) electrons. The van der Waals surface area contributed by atoms with Gasteiger partial charge in [0.15, 0.2) is 11.3 Å². The lowest BCUT2D eigenvalue weighted by molar-refractivity contribution is -0.129. The molecule has 11 nitrogen and oxygen atoms in total. The highest BCUT2D eigenvalue weighted by Gasteiger charge is 2.36. The average Bonchev–Trinajstić information content (AvgIpc) is 3.41. The van der Waals surface area contributed by atoms with Crippen molar-refractivity contribution < 1.29 is 9.59 Å². The van der Waals surface area contributed by atoms with E-state index < -0.39 is 5.91 Å². The van der Waals surface area contributed by atoms with E-state index in [1.807, 2.05) is 11.1 Å². The normalized spacial score (nSPS) is 16.5. The molecule has 2 fully saturated rings. The van der Waals surface area contributed by atoms with Crippen LogP contribution in [0.5, 0.6) is 0 Å². The standard InChI is InChI=1S/C33H33N9O2/c1-20(43)39-11-13-40(14-12-39)26-8-4-7-22(15-26)28-30(25-16-35-36-17-25)42-33(27(21-9-10-21)29(38-42)31(34)44)37-32(28)41-18-23-5-2-3-6-24(23)19-41/h2-8,15-17,21H,9-14,18-19H2,1H3,(H2,34,44)(H,35,36). The summed E-state index contributed by atoms with van der Waals surface area (Å²) < 4.78 is 1.80. The lowest BCUT2D eigenvalue weighted by Gasteiger charge is -2.36. The molecule has 3 aliphatic rings. The van der Waals surface area contributed by atoms with E-state index in [1.54, 1.807) is 17.6 Å². The van der Waals surface area contributed by atoms with Crippen molar-refractivity contribution in [3.8, 4) is 22.4 Å². The van der Waals surface area contributed by atoms with Gasteiger partial charge in [-0.15, -0.1) is 0 Å². The van der Waals surface area contributed by atoms with Gasteiger partial charge in [-0.1, -0.05) is 36.4 Å². The molecule has 5 aromatic rings. The summed E-state index contributed by atoms with van der Waals surface area (Å²) in [5.41, 5.74) is 14.9. The molecular weight excluding hydrogens is 554 g/mol. The molecule has 8 rings (SSSR count). The van der Waals surface area contributed by atoms with Gasteiger partial charge in [-0.3, -0.25) is 14.7 Å². The van der Waals surface area contributed by atoms with E-state index in [0.717, 1.165) is 78.5 Å². The smallest absolute Gasteiger partial charge is 0.269 e. The number of anilines is 2. The molecule has 222 valence electrons. The second-order valence-electron chi connectivity index (χ2n) is 12.0. The van der Waals surface area contributed by atoms with Gasteiger partial charge in [-0.2, -0.15) is 10.2 Å². The molecule has 0 bridgehead atoms. The Hall–Kier alpha value is -5.19. The molecule has 2 amide bonds. The van der Waals surface area contributed by atoms with Crippen LogP contribution >= 0.6 is 0 Å². The molecule has 0 spiro atoms. The fourth-order valence-corrected chi connectivity index (χ4v) is 6.74. The number of primary amides is 1. The number of nitrogens with zero attached hydrogens (tertiary/aromatic N) is 7. The molecule has 5 heterocycles. The first kappa shape index (κ1) is 26.4. The number of aromatic amines is 1. The number of nitrogens with one attached hydrogen (secondary N) is 1. The highest BCUT2D eigenvalue weighted by atomic mass is 16.2. The topological polar surface area (TPSA) is 129 Å². The van der Waals surface area contributed by atoms with Crippen LogP contribution in [-0.4, -0.2) is 67.7 Å². The highest BCUT2D eigenvalue weighted by Crippen LogP contribution is 2.47. The molecule has 1 saturated carbocycles. The monoisotopic (exact) mass is 587 g/mol. The van der Waals surface area contributed by atoms with Crippen LogP contribution in [0.25, 0.3) is 28.0 Å². The minimum Gasteiger partial charge on any atom is -0.368 e. The average molecular weight is 588 g/mol. The summed E-state index contributed by atoms with van der Waals surface area (Å²) >= 11 is 0. The van der Waals surface area contributed by atoms with E-state index in [-0.39, 0.29) is 17.5 Å². The second-order valence-corrected chi connectivity index (χ2v) is 12.0. The highest BCUT2D eigenvalue weighted by molar-refractivity contribution is 5.97. The van der Waals surface area contributed by atoms with E-state index >= 15 is 0 Å². The third-order valence-corrected chi connectivity index (χ3v) is 9.14. The summed E-state index contributed by atoms with van der Waals surface area (Å²) in [6.07, 6.45) is 5.60. The van der Waals surface area contributed by atoms with Crippen molar-refractivity contribution in [2.45, 2.75) is 38.8 Å². The summed E-state index contributed by atoms with van der Waals surface area (Å²) in [6.45, 7) is 5.97. The summed E-state index contributed by atoms with van der Waals surface area (Å²) in [7, 11) is 0. The quantitative estimate of drug-likeness (QED) is 0.308. The van der Waals surface area contributed by atoms with E-state index in [4.69, 9.17) is 15.8 Å². The van der Waals surface area contributed by atoms with Crippen molar-refractivity contribution >= 4 is 29.0 Å². The van der Waals surface area contributed by atoms with Crippen LogP contribution in [0.15, 0.2) is 60.9 Å². The van der Waals surface area contributed by atoms with Crippen molar-refractivity contribution in [3.05, 3.63) is 83.3 Å². The summed E-state index contributed by atoms with van der Waals surface area (Å²) in [6, 6.07) is 17.0. The Balaban J connectivity index is 1.35. The fourth-order valence-electron chi connectivity index (χ4n) is 6.74. The number of carbonyl (C=O) groups is 2. The SMILES string of the molecule is CC(=O)N1CCN(c2cccc(-c3c(N4Cc5ccccc5C4)nc4c(C5CC5)c(C(N)=O)nn4c3-c3cn[nH]c3)c2)CC1. The summed E-state index contributed by atoms with van der Waals surface area (Å²) in [5, 5.41) is 12.1. The summed E-state index contributed by atoms with van der Waals surface area (Å²) in [4.78, 5) is 36.5. The fraction of sp³-hybridized carbons (Fsp3) is 0.303. The van der Waals surface area contributed by atoms with Crippen LogP contribution < -0.4 is 15.5 Å². The molecule has 11 heteroatoms. The number of hydrogen-bond donors (Lipinski definition) is 2. The number of hydrogen-bond acceptors (Lipinski definition) is 7. The third-order valence-electron chi connectivity index (χ3n) is 9.14. The number of piperazine rings is 1. The van der Waals surface area contributed by atoms with Gasteiger partial charge >= 0.3 is 0 Å². The summed E-state index contributed by atoms with van der Waals surface area (Å²) in [5.74, 6) is 0.616. The maximum atomic E-state index is 12.7. The molecule has 2 aliphatic heterocycles. The third kappa shape index (κ3) is 4.38. The molecule has 2 aromatic carbocycles. The number of rotatable bonds is 6. The minimum absolute atomic E-state index is 0.110. The number of benzene rings is 2. The lowest BCUT2D eigenvalue weighted by Crippen LogP contribution is -2.48. The molecule has 3 N–H and O–H groups in total. The molecule has 0 atom stereocenters. The Morgan fingerprint density at radius 3 is 2.32 bits per heavy atom. The van der Waals surface area contributed by atoms with Crippen molar-refractivity contribution in [1.82, 2.24) is 29.7 Å². The molecular formula is C33H33N9O2. The van der Waals surface area contributed by atoms with Crippen LogP contribution in [0.1, 0.15) is 52.9 Å². The lowest BCUT2D eigenvalue weighted by atomic mass is 9.99. The molecule has 3 aromatic heterocycles. The van der Waals surface area contributed by atoms with Crippen LogP contribution in [0.3, 0.4) is 0 Å². The van der Waals surface area contributed by atoms with Crippen molar-refractivity contribution in [1.29, 1.82) is 0 Å². The second kappa shape index (κ2) is 10.2. The zero-order chi connectivity index (χ0) is 29.9.